The van der Waals surface area contributed by atoms with Gasteiger partial charge in [0.05, 0.1) is 13.2 Å². The molecule has 0 radical (unpaired) electrons. The first kappa shape index (κ1) is 16.7. The van der Waals surface area contributed by atoms with Crippen LogP contribution in [0.2, 0.25) is 5.02 Å². The van der Waals surface area contributed by atoms with Crippen molar-refractivity contribution >= 4 is 23.4 Å². The summed E-state index contributed by atoms with van der Waals surface area (Å²) in [5, 5.41) is 3.76. The number of Topliss-reactive ketones (excluding diaryl/α,β-unsaturated/α-hetero) is 1. The fraction of sp³-hybridized carbons (Fsp3) is 0.467. The summed E-state index contributed by atoms with van der Waals surface area (Å²) in [6.07, 6.45) is 1.56. The van der Waals surface area contributed by atoms with Crippen LogP contribution in [0.5, 0.6) is 0 Å². The summed E-state index contributed by atoms with van der Waals surface area (Å²) in [6.45, 7) is 2.75. The third-order valence-corrected chi connectivity index (χ3v) is 3.20. The van der Waals surface area contributed by atoms with Crippen LogP contribution in [-0.4, -0.2) is 31.4 Å². The van der Waals surface area contributed by atoms with E-state index in [0.29, 0.717) is 17.0 Å². The van der Waals surface area contributed by atoms with Gasteiger partial charge in [-0.3, -0.25) is 9.59 Å². The highest BCUT2D eigenvalue weighted by Crippen LogP contribution is 2.13. The summed E-state index contributed by atoms with van der Waals surface area (Å²) in [5.41, 5.74) is 0.591. The van der Waals surface area contributed by atoms with Crippen LogP contribution in [-0.2, 0) is 9.53 Å². The zero-order chi connectivity index (χ0) is 15.0. The molecular weight excluding hydrogens is 278 g/mol. The van der Waals surface area contributed by atoms with Crippen LogP contribution in [0.4, 0.5) is 0 Å². The maximum atomic E-state index is 12.4. The lowest BCUT2D eigenvalue weighted by atomic mass is 10.00. The number of rotatable bonds is 8. The number of ketones is 1. The molecule has 0 bridgehead atoms. The summed E-state index contributed by atoms with van der Waals surface area (Å²) < 4.78 is 4.61. The Morgan fingerprint density at radius 2 is 1.95 bits per heavy atom. The molecule has 1 atom stereocenters. The third-order valence-electron chi connectivity index (χ3n) is 2.95. The maximum Gasteiger partial charge on any atom is 0.305 e. The first-order chi connectivity index (χ1) is 9.58. The number of ether oxygens (including phenoxy) is 1. The molecule has 1 N–H and O–H groups in total. The molecule has 0 aliphatic rings. The minimum atomic E-state index is -0.379. The fourth-order valence-electron chi connectivity index (χ4n) is 1.82. The number of nitrogens with one attached hydrogen (secondary N) is 1. The maximum absolute atomic E-state index is 12.4. The molecule has 0 aliphatic carbocycles. The van der Waals surface area contributed by atoms with Crippen LogP contribution in [0.25, 0.3) is 0 Å². The van der Waals surface area contributed by atoms with Gasteiger partial charge >= 0.3 is 5.97 Å². The predicted molar refractivity (Wildman–Crippen MR) is 79.1 cm³/mol. The van der Waals surface area contributed by atoms with Crippen LogP contribution >= 0.6 is 11.6 Å². The van der Waals surface area contributed by atoms with Gasteiger partial charge in [-0.05, 0) is 43.7 Å². The van der Waals surface area contributed by atoms with Crippen molar-refractivity contribution in [1.82, 2.24) is 5.32 Å². The van der Waals surface area contributed by atoms with Gasteiger partial charge in [0.1, 0.15) is 0 Å². The highest BCUT2D eigenvalue weighted by atomic mass is 35.5. The first-order valence-electron chi connectivity index (χ1n) is 6.68. The second-order valence-corrected chi connectivity index (χ2v) is 4.93. The number of carbonyl (C=O) groups excluding carboxylic acids is 2. The standard InChI is InChI=1S/C15H20ClNO3/c1-3-10-17-13(8-9-14(18)20-2)15(19)11-4-6-12(16)7-5-11/h4-7,13,17H,3,8-10H2,1-2H3. The van der Waals surface area contributed by atoms with Crippen molar-refractivity contribution in [3.63, 3.8) is 0 Å². The summed E-state index contributed by atoms with van der Waals surface area (Å²) in [7, 11) is 1.35. The van der Waals surface area contributed by atoms with Crippen molar-refractivity contribution in [1.29, 1.82) is 0 Å². The SMILES string of the molecule is CCCNC(CCC(=O)OC)C(=O)c1ccc(Cl)cc1. The molecular formula is C15H20ClNO3. The van der Waals surface area contributed by atoms with Crippen molar-refractivity contribution in [3.05, 3.63) is 34.9 Å². The molecule has 0 saturated carbocycles. The zero-order valence-corrected chi connectivity index (χ0v) is 12.6. The Morgan fingerprint density at radius 3 is 2.50 bits per heavy atom. The molecule has 4 nitrogen and oxygen atoms in total. The second kappa shape index (κ2) is 8.72. The predicted octanol–water partition coefficient (Wildman–Crippen LogP) is 2.84. The van der Waals surface area contributed by atoms with Gasteiger partial charge in [0.2, 0.25) is 0 Å². The molecule has 110 valence electrons. The topological polar surface area (TPSA) is 55.4 Å². The van der Waals surface area contributed by atoms with E-state index in [9.17, 15) is 9.59 Å². The molecule has 0 amide bonds. The molecule has 5 heteroatoms. The normalized spacial score (nSPS) is 11.9. The summed E-state index contributed by atoms with van der Waals surface area (Å²) >= 11 is 5.81. The summed E-state index contributed by atoms with van der Waals surface area (Å²) in [4.78, 5) is 23.6. The average Bonchev–Trinajstić information content (AvgIpc) is 2.47. The number of carbonyl (C=O) groups is 2. The van der Waals surface area contributed by atoms with Gasteiger partial charge in [-0.2, -0.15) is 0 Å². The van der Waals surface area contributed by atoms with E-state index in [1.165, 1.54) is 7.11 Å². The number of hydrogen-bond acceptors (Lipinski definition) is 4. The smallest absolute Gasteiger partial charge is 0.305 e. The van der Waals surface area contributed by atoms with E-state index >= 15 is 0 Å². The van der Waals surface area contributed by atoms with E-state index in [-0.39, 0.29) is 24.2 Å². The molecule has 1 aromatic rings. The molecule has 0 fully saturated rings. The fourth-order valence-corrected chi connectivity index (χ4v) is 1.95. The van der Waals surface area contributed by atoms with Gasteiger partial charge in [0.15, 0.2) is 5.78 Å². The Morgan fingerprint density at radius 1 is 1.30 bits per heavy atom. The van der Waals surface area contributed by atoms with Crippen molar-refractivity contribution in [2.24, 2.45) is 0 Å². The Labute approximate surface area is 124 Å². The molecule has 1 unspecified atom stereocenters. The lowest BCUT2D eigenvalue weighted by Crippen LogP contribution is -2.37. The monoisotopic (exact) mass is 297 g/mol. The van der Waals surface area contributed by atoms with Crippen LogP contribution in [0, 0.1) is 0 Å². The van der Waals surface area contributed by atoms with Crippen molar-refractivity contribution in [2.45, 2.75) is 32.2 Å². The van der Waals surface area contributed by atoms with E-state index in [4.69, 9.17) is 11.6 Å². The second-order valence-electron chi connectivity index (χ2n) is 4.49. The quantitative estimate of drug-likeness (QED) is 0.592. The molecule has 0 spiro atoms. The van der Waals surface area contributed by atoms with E-state index in [2.05, 4.69) is 10.1 Å². The van der Waals surface area contributed by atoms with E-state index in [0.717, 1.165) is 13.0 Å². The van der Waals surface area contributed by atoms with Crippen molar-refractivity contribution in [2.75, 3.05) is 13.7 Å². The molecule has 0 aliphatic heterocycles. The number of halogens is 1. The van der Waals surface area contributed by atoms with Crippen LogP contribution < -0.4 is 5.32 Å². The molecule has 0 heterocycles. The van der Waals surface area contributed by atoms with Crippen LogP contribution in [0.3, 0.4) is 0 Å². The number of esters is 1. The summed E-state index contributed by atoms with van der Waals surface area (Å²) in [6, 6.07) is 6.39. The minimum absolute atomic E-state index is 0.0287. The van der Waals surface area contributed by atoms with E-state index in [1.807, 2.05) is 6.92 Å². The van der Waals surface area contributed by atoms with Gasteiger partial charge in [0.25, 0.3) is 0 Å². The molecule has 20 heavy (non-hydrogen) atoms. The lowest BCUT2D eigenvalue weighted by molar-refractivity contribution is -0.140. The van der Waals surface area contributed by atoms with Gasteiger partial charge in [0, 0.05) is 17.0 Å². The van der Waals surface area contributed by atoms with E-state index in [1.54, 1.807) is 24.3 Å². The van der Waals surface area contributed by atoms with Gasteiger partial charge in [-0.1, -0.05) is 18.5 Å². The Kier molecular flexibility index (Phi) is 7.26. The van der Waals surface area contributed by atoms with Crippen molar-refractivity contribution in [3.8, 4) is 0 Å². The minimum Gasteiger partial charge on any atom is -0.469 e. The average molecular weight is 298 g/mol. The number of hydrogen-bond donors (Lipinski definition) is 1. The third kappa shape index (κ3) is 5.31. The van der Waals surface area contributed by atoms with Gasteiger partial charge in [-0.15, -0.1) is 0 Å². The lowest BCUT2D eigenvalue weighted by Gasteiger charge is -2.17. The Hall–Kier alpha value is -1.39. The van der Waals surface area contributed by atoms with Crippen LogP contribution in [0.15, 0.2) is 24.3 Å². The largest absolute Gasteiger partial charge is 0.469 e. The highest BCUT2D eigenvalue weighted by Gasteiger charge is 2.20. The van der Waals surface area contributed by atoms with E-state index < -0.39 is 0 Å². The van der Waals surface area contributed by atoms with Crippen molar-refractivity contribution < 1.29 is 14.3 Å². The number of benzene rings is 1. The van der Waals surface area contributed by atoms with Gasteiger partial charge < -0.3 is 10.1 Å². The molecule has 1 rings (SSSR count). The zero-order valence-electron chi connectivity index (χ0n) is 11.8. The Balaban J connectivity index is 2.72. The Bertz CT molecular complexity index is 445. The highest BCUT2D eigenvalue weighted by molar-refractivity contribution is 6.30. The van der Waals surface area contributed by atoms with Gasteiger partial charge in [-0.25, -0.2) is 0 Å². The molecule has 0 saturated heterocycles. The number of methoxy groups -OCH3 is 1. The first-order valence-corrected chi connectivity index (χ1v) is 7.06. The van der Waals surface area contributed by atoms with Crippen LogP contribution in [0.1, 0.15) is 36.5 Å². The molecule has 0 aromatic heterocycles. The summed E-state index contributed by atoms with van der Waals surface area (Å²) in [5.74, 6) is -0.337. The molecule has 1 aromatic carbocycles.